The summed E-state index contributed by atoms with van der Waals surface area (Å²) in [5.41, 5.74) is 11.8. The lowest BCUT2D eigenvalue weighted by Crippen LogP contribution is -2.55. The second-order valence-corrected chi connectivity index (χ2v) is 16.0. The van der Waals surface area contributed by atoms with Crippen LogP contribution in [0.5, 0.6) is 0 Å². The van der Waals surface area contributed by atoms with Gasteiger partial charge in [-0.2, -0.15) is 0 Å². The zero-order valence-corrected chi connectivity index (χ0v) is 28.2. The van der Waals surface area contributed by atoms with E-state index in [0.29, 0.717) is 0 Å². The van der Waals surface area contributed by atoms with Gasteiger partial charge in [-0.15, -0.1) is 0 Å². The molecule has 4 fully saturated rings. The average molecular weight is 639 g/mol. The number of benzene rings is 8. The zero-order chi connectivity index (χ0) is 32.6. The largest absolute Gasteiger partial charge is 0.0616 e. The Morgan fingerprint density at radius 2 is 0.880 bits per heavy atom. The second kappa shape index (κ2) is 9.95. The molecule has 4 bridgehead atoms. The lowest BCUT2D eigenvalue weighted by atomic mass is 9.43. The molecule has 8 aromatic carbocycles. The van der Waals surface area contributed by atoms with E-state index in [9.17, 15) is 0 Å². The first-order valence-corrected chi connectivity index (χ1v) is 18.9. The van der Waals surface area contributed by atoms with E-state index in [1.54, 1.807) is 11.1 Å². The lowest BCUT2D eigenvalue weighted by Gasteiger charge is -2.61. The van der Waals surface area contributed by atoms with E-state index < -0.39 is 0 Å². The lowest BCUT2D eigenvalue weighted by molar-refractivity contribution is -0.0399. The van der Waals surface area contributed by atoms with Gasteiger partial charge in [-0.3, -0.25) is 0 Å². The molecule has 0 unspecified atom stereocenters. The van der Waals surface area contributed by atoms with Crippen LogP contribution in [0.15, 0.2) is 146 Å². The van der Waals surface area contributed by atoms with Gasteiger partial charge in [0.2, 0.25) is 0 Å². The summed E-state index contributed by atoms with van der Waals surface area (Å²) in [5.74, 6) is 3.39. The zero-order valence-electron chi connectivity index (χ0n) is 28.2. The molecule has 0 atom stereocenters. The maximum Gasteiger partial charge on any atom is 0.0272 e. The number of hydrogen-bond acceptors (Lipinski definition) is 0. The van der Waals surface area contributed by atoms with Crippen LogP contribution in [-0.2, 0) is 5.41 Å². The summed E-state index contributed by atoms with van der Waals surface area (Å²) in [6, 6.07) is 55.8. The van der Waals surface area contributed by atoms with E-state index in [1.807, 2.05) is 0 Å². The summed E-state index contributed by atoms with van der Waals surface area (Å²) in [7, 11) is 0. The van der Waals surface area contributed by atoms with Crippen molar-refractivity contribution in [2.45, 2.75) is 37.5 Å². The van der Waals surface area contributed by atoms with Gasteiger partial charge in [0.1, 0.15) is 0 Å². The SMILES string of the molecule is c1ccc2c(-c3c4ccccc4c(-c4ccc5c(c4)-c4c(ccc6ccccc46)C54C5CC6CC(C5)CC4C6)c4ccccc34)cccc2c1. The minimum absolute atomic E-state index is 0.156. The van der Waals surface area contributed by atoms with Crippen molar-refractivity contribution in [3.8, 4) is 33.4 Å². The Morgan fingerprint density at radius 3 is 1.54 bits per heavy atom. The van der Waals surface area contributed by atoms with E-state index in [-0.39, 0.29) is 5.41 Å². The van der Waals surface area contributed by atoms with Crippen molar-refractivity contribution < 1.29 is 0 Å². The summed E-state index contributed by atoms with van der Waals surface area (Å²) >= 11 is 0. The highest BCUT2D eigenvalue weighted by molar-refractivity contribution is 6.23. The fourth-order valence-corrected chi connectivity index (χ4v) is 12.3. The Labute approximate surface area is 293 Å². The molecule has 0 radical (unpaired) electrons. The van der Waals surface area contributed by atoms with E-state index in [1.165, 1.54) is 109 Å². The Balaban J connectivity index is 1.16. The van der Waals surface area contributed by atoms with Gasteiger partial charge in [0.15, 0.2) is 0 Å². The predicted molar refractivity (Wildman–Crippen MR) is 211 cm³/mol. The van der Waals surface area contributed by atoms with Gasteiger partial charge in [0.25, 0.3) is 0 Å². The first kappa shape index (κ1) is 27.6. The van der Waals surface area contributed by atoms with Crippen LogP contribution in [0, 0.1) is 23.7 Å². The molecule has 5 aliphatic carbocycles. The van der Waals surface area contributed by atoms with Gasteiger partial charge in [-0.25, -0.2) is 0 Å². The van der Waals surface area contributed by atoms with Crippen LogP contribution in [0.3, 0.4) is 0 Å². The van der Waals surface area contributed by atoms with E-state index >= 15 is 0 Å². The molecule has 5 aliphatic rings. The second-order valence-electron chi connectivity index (χ2n) is 16.0. The molecule has 0 heterocycles. The Bertz CT molecular complexity index is 2640. The van der Waals surface area contributed by atoms with Gasteiger partial charge in [0, 0.05) is 5.41 Å². The van der Waals surface area contributed by atoms with Crippen LogP contribution in [0.4, 0.5) is 0 Å². The fraction of sp³-hybridized carbons (Fsp3) is 0.200. The van der Waals surface area contributed by atoms with Crippen LogP contribution in [0.25, 0.3) is 76.5 Å². The normalized spacial score (nSPS) is 24.5. The average Bonchev–Trinajstić information content (AvgIpc) is 3.46. The third-order valence-corrected chi connectivity index (χ3v) is 13.8. The smallest absolute Gasteiger partial charge is 0.0272 e. The first-order chi connectivity index (χ1) is 24.8. The Hall–Kier alpha value is -5.20. The van der Waals surface area contributed by atoms with Crippen LogP contribution in [0.2, 0.25) is 0 Å². The molecule has 0 aliphatic heterocycles. The topological polar surface area (TPSA) is 0 Å². The van der Waals surface area contributed by atoms with Crippen molar-refractivity contribution in [3.63, 3.8) is 0 Å². The third kappa shape index (κ3) is 3.47. The first-order valence-electron chi connectivity index (χ1n) is 18.9. The van der Waals surface area contributed by atoms with E-state index in [0.717, 1.165) is 23.7 Å². The molecule has 1 spiro atoms. The van der Waals surface area contributed by atoms with Crippen LogP contribution in [-0.4, -0.2) is 0 Å². The molecule has 238 valence electrons. The van der Waals surface area contributed by atoms with Gasteiger partial charge < -0.3 is 0 Å². The minimum Gasteiger partial charge on any atom is -0.0616 e. The standard InChI is InChI=1S/C50H38/c1-3-13-37-32(10-1)12-9-19-39(37)48-42-17-7-5-15-40(42)47(41-16-6-8-18-43(41)48)34-21-22-45-44(29-34)49-38-14-4-2-11-33(38)20-23-46(49)50(45)35-25-30-24-31(27-35)28-36(50)26-30/h1-23,29-31,35-36H,24-28H2. The molecule has 0 aromatic heterocycles. The van der Waals surface area contributed by atoms with Crippen LogP contribution in [0.1, 0.15) is 43.2 Å². The van der Waals surface area contributed by atoms with E-state index in [2.05, 4.69) is 146 Å². The summed E-state index contributed by atoms with van der Waals surface area (Å²) in [6.07, 6.45) is 7.11. The molecule has 4 saturated carbocycles. The highest BCUT2D eigenvalue weighted by Gasteiger charge is 2.61. The molecule has 0 N–H and O–H groups in total. The highest BCUT2D eigenvalue weighted by Crippen LogP contribution is 2.70. The predicted octanol–water partition coefficient (Wildman–Crippen LogP) is 13.4. The van der Waals surface area contributed by atoms with E-state index in [4.69, 9.17) is 0 Å². The quantitative estimate of drug-likeness (QED) is 0.165. The third-order valence-electron chi connectivity index (χ3n) is 13.8. The molecular weight excluding hydrogens is 601 g/mol. The molecule has 0 heteroatoms. The molecule has 0 saturated heterocycles. The van der Waals surface area contributed by atoms with Crippen molar-refractivity contribution in [3.05, 3.63) is 157 Å². The maximum absolute atomic E-state index is 2.62. The number of hydrogen-bond donors (Lipinski definition) is 0. The fourth-order valence-electron chi connectivity index (χ4n) is 12.3. The molecular formula is C50H38. The summed E-state index contributed by atoms with van der Waals surface area (Å²) in [4.78, 5) is 0. The monoisotopic (exact) mass is 638 g/mol. The number of fused-ring (bicyclic) bond motifs is 8. The highest BCUT2D eigenvalue weighted by atomic mass is 14.6. The molecule has 8 aromatic rings. The molecule has 50 heavy (non-hydrogen) atoms. The molecule has 13 rings (SSSR count). The van der Waals surface area contributed by atoms with Crippen LogP contribution >= 0.6 is 0 Å². The number of rotatable bonds is 2. The van der Waals surface area contributed by atoms with Crippen molar-refractivity contribution in [1.82, 2.24) is 0 Å². The van der Waals surface area contributed by atoms with Crippen LogP contribution < -0.4 is 0 Å². The minimum atomic E-state index is 0.156. The summed E-state index contributed by atoms with van der Waals surface area (Å²) < 4.78 is 0. The van der Waals surface area contributed by atoms with Gasteiger partial charge in [0.05, 0.1) is 0 Å². The van der Waals surface area contributed by atoms with Crippen molar-refractivity contribution in [2.75, 3.05) is 0 Å². The summed E-state index contributed by atoms with van der Waals surface area (Å²) in [6.45, 7) is 0. The van der Waals surface area contributed by atoms with Crippen molar-refractivity contribution in [2.24, 2.45) is 23.7 Å². The maximum atomic E-state index is 2.62. The summed E-state index contributed by atoms with van der Waals surface area (Å²) in [5, 5.41) is 10.7. The molecule has 0 amide bonds. The Morgan fingerprint density at radius 1 is 0.360 bits per heavy atom. The molecule has 0 nitrogen and oxygen atoms in total. The van der Waals surface area contributed by atoms with Gasteiger partial charge in [-0.1, -0.05) is 140 Å². The Kier molecular flexibility index (Phi) is 5.49. The van der Waals surface area contributed by atoms with Crippen molar-refractivity contribution >= 4 is 43.1 Å². The van der Waals surface area contributed by atoms with Gasteiger partial charge in [-0.05, 0) is 149 Å². The van der Waals surface area contributed by atoms with Gasteiger partial charge >= 0.3 is 0 Å². The van der Waals surface area contributed by atoms with Crippen molar-refractivity contribution in [1.29, 1.82) is 0 Å².